The van der Waals surface area contributed by atoms with E-state index in [9.17, 15) is 0 Å². The second-order valence-electron chi connectivity index (χ2n) is 5.34. The Kier molecular flexibility index (Phi) is 4.29. The molecular formula is C17H17Br2N. The van der Waals surface area contributed by atoms with Crippen LogP contribution >= 0.6 is 31.9 Å². The van der Waals surface area contributed by atoms with Gasteiger partial charge in [0.2, 0.25) is 0 Å². The lowest BCUT2D eigenvalue weighted by Gasteiger charge is -2.22. The van der Waals surface area contributed by atoms with Crippen molar-refractivity contribution in [1.82, 2.24) is 5.32 Å². The van der Waals surface area contributed by atoms with Crippen LogP contribution in [0.25, 0.3) is 0 Å². The van der Waals surface area contributed by atoms with Gasteiger partial charge in [-0.3, -0.25) is 0 Å². The van der Waals surface area contributed by atoms with E-state index < -0.39 is 0 Å². The van der Waals surface area contributed by atoms with Crippen LogP contribution in [0, 0.1) is 0 Å². The fourth-order valence-corrected chi connectivity index (χ4v) is 4.36. The number of benzene rings is 2. The normalized spacial score (nSPS) is 18.9. The third-order valence-corrected chi connectivity index (χ3v) is 5.19. The lowest BCUT2D eigenvalue weighted by Crippen LogP contribution is -2.23. The van der Waals surface area contributed by atoms with E-state index in [0.29, 0.717) is 12.1 Å². The van der Waals surface area contributed by atoms with Crippen molar-refractivity contribution in [3.8, 4) is 0 Å². The van der Waals surface area contributed by atoms with Crippen LogP contribution in [0.15, 0.2) is 51.4 Å². The number of hydrogen-bond donors (Lipinski definition) is 1. The Morgan fingerprint density at radius 1 is 1.15 bits per heavy atom. The van der Waals surface area contributed by atoms with Crippen molar-refractivity contribution in [3.05, 3.63) is 68.1 Å². The molecule has 1 N–H and O–H groups in total. The number of aryl methyl sites for hydroxylation is 1. The summed E-state index contributed by atoms with van der Waals surface area (Å²) in [7, 11) is 0. The summed E-state index contributed by atoms with van der Waals surface area (Å²) in [6.45, 7) is 2.23. The first-order chi connectivity index (χ1) is 9.65. The van der Waals surface area contributed by atoms with Crippen LogP contribution in [0.2, 0.25) is 0 Å². The van der Waals surface area contributed by atoms with Gasteiger partial charge in [-0.1, -0.05) is 62.2 Å². The smallest absolute Gasteiger partial charge is 0.0331 e. The maximum atomic E-state index is 3.77. The van der Waals surface area contributed by atoms with Crippen LogP contribution in [0.1, 0.15) is 42.1 Å². The van der Waals surface area contributed by atoms with Crippen molar-refractivity contribution in [1.29, 1.82) is 0 Å². The summed E-state index contributed by atoms with van der Waals surface area (Å²) in [6, 6.07) is 15.9. The van der Waals surface area contributed by atoms with Crippen molar-refractivity contribution < 1.29 is 0 Å². The molecule has 1 aliphatic carbocycles. The first-order valence-corrected chi connectivity index (χ1v) is 8.52. The van der Waals surface area contributed by atoms with Crippen molar-refractivity contribution in [2.45, 2.75) is 31.8 Å². The molecule has 1 nitrogen and oxygen atoms in total. The molecule has 0 bridgehead atoms. The summed E-state index contributed by atoms with van der Waals surface area (Å²) in [5, 5.41) is 3.77. The number of nitrogens with one attached hydrogen (secondary N) is 1. The van der Waals surface area contributed by atoms with Gasteiger partial charge in [0.25, 0.3) is 0 Å². The maximum Gasteiger partial charge on any atom is 0.0331 e. The number of hydrogen-bond acceptors (Lipinski definition) is 1. The van der Waals surface area contributed by atoms with Crippen molar-refractivity contribution >= 4 is 31.9 Å². The van der Waals surface area contributed by atoms with Crippen LogP contribution in [0.4, 0.5) is 0 Å². The zero-order chi connectivity index (χ0) is 14.1. The molecule has 2 atom stereocenters. The quantitative estimate of drug-likeness (QED) is 0.719. The van der Waals surface area contributed by atoms with Gasteiger partial charge in [0.1, 0.15) is 0 Å². The zero-order valence-corrected chi connectivity index (χ0v) is 14.5. The minimum atomic E-state index is 0.327. The molecule has 0 spiro atoms. The zero-order valence-electron chi connectivity index (χ0n) is 11.4. The third kappa shape index (κ3) is 2.85. The van der Waals surface area contributed by atoms with Crippen LogP contribution in [0.5, 0.6) is 0 Å². The minimum Gasteiger partial charge on any atom is -0.303 e. The van der Waals surface area contributed by atoms with Gasteiger partial charge in [0.05, 0.1) is 0 Å². The van der Waals surface area contributed by atoms with Gasteiger partial charge < -0.3 is 5.32 Å². The number of fused-ring (bicyclic) bond motifs is 1. The fourth-order valence-electron chi connectivity index (χ4n) is 2.97. The van der Waals surface area contributed by atoms with Crippen molar-refractivity contribution in [2.75, 3.05) is 0 Å². The largest absolute Gasteiger partial charge is 0.303 e. The topological polar surface area (TPSA) is 12.0 Å². The Bertz CT molecular complexity index is 624. The predicted octanol–water partition coefficient (Wildman–Crippen LogP) is 5.55. The molecule has 0 fully saturated rings. The molecule has 1 aliphatic rings. The molecule has 0 aromatic heterocycles. The highest BCUT2D eigenvalue weighted by Gasteiger charge is 2.23. The molecule has 0 saturated carbocycles. The summed E-state index contributed by atoms with van der Waals surface area (Å²) >= 11 is 7.16. The second kappa shape index (κ2) is 6.00. The highest BCUT2D eigenvalue weighted by atomic mass is 79.9. The molecule has 0 saturated heterocycles. The van der Waals surface area contributed by atoms with E-state index in [0.717, 1.165) is 8.95 Å². The monoisotopic (exact) mass is 393 g/mol. The molecular weight excluding hydrogens is 378 g/mol. The summed E-state index contributed by atoms with van der Waals surface area (Å²) in [5.74, 6) is 0. The summed E-state index contributed by atoms with van der Waals surface area (Å²) in [5.41, 5.74) is 4.26. The molecule has 2 aromatic rings. The van der Waals surface area contributed by atoms with Crippen LogP contribution in [-0.2, 0) is 6.42 Å². The molecule has 3 rings (SSSR count). The van der Waals surface area contributed by atoms with Crippen LogP contribution in [-0.4, -0.2) is 0 Å². The highest BCUT2D eigenvalue weighted by molar-refractivity contribution is 9.11. The van der Waals surface area contributed by atoms with Crippen molar-refractivity contribution in [3.63, 3.8) is 0 Å². The molecule has 0 radical (unpaired) electrons. The summed E-state index contributed by atoms with van der Waals surface area (Å²) in [6.07, 6.45) is 2.37. The van der Waals surface area contributed by atoms with E-state index in [4.69, 9.17) is 0 Å². The maximum absolute atomic E-state index is 3.77. The average molecular weight is 395 g/mol. The lowest BCUT2D eigenvalue weighted by molar-refractivity contribution is 0.464. The molecule has 2 aromatic carbocycles. The van der Waals surface area contributed by atoms with Gasteiger partial charge in [-0.2, -0.15) is 0 Å². The molecule has 104 valence electrons. The SMILES string of the molecule is CC(NC1CCc2ccccc21)c1ccc(Br)cc1Br. The molecule has 3 heteroatoms. The van der Waals surface area contributed by atoms with Gasteiger partial charge in [-0.05, 0) is 48.6 Å². The Morgan fingerprint density at radius 2 is 1.95 bits per heavy atom. The summed E-state index contributed by atoms with van der Waals surface area (Å²) < 4.78 is 2.25. The Hall–Kier alpha value is -0.640. The van der Waals surface area contributed by atoms with E-state index in [1.54, 1.807) is 0 Å². The summed E-state index contributed by atoms with van der Waals surface area (Å²) in [4.78, 5) is 0. The predicted molar refractivity (Wildman–Crippen MR) is 90.9 cm³/mol. The third-order valence-electron chi connectivity index (χ3n) is 4.01. The number of rotatable bonds is 3. The van der Waals surface area contributed by atoms with E-state index >= 15 is 0 Å². The molecule has 0 heterocycles. The van der Waals surface area contributed by atoms with Crippen molar-refractivity contribution in [2.24, 2.45) is 0 Å². The molecule has 20 heavy (non-hydrogen) atoms. The average Bonchev–Trinajstić information content (AvgIpc) is 2.82. The van der Waals surface area contributed by atoms with Gasteiger partial charge in [0.15, 0.2) is 0 Å². The van der Waals surface area contributed by atoms with E-state index in [1.807, 2.05) is 0 Å². The molecule has 0 amide bonds. The first kappa shape index (κ1) is 14.3. The van der Waals surface area contributed by atoms with E-state index in [-0.39, 0.29) is 0 Å². The fraction of sp³-hybridized carbons (Fsp3) is 0.294. The standard InChI is InChI=1S/C17H17Br2N/c1-11(14-8-7-13(18)10-16(14)19)20-17-9-6-12-4-2-3-5-15(12)17/h2-5,7-8,10-11,17,20H,6,9H2,1H3. The van der Waals surface area contributed by atoms with Crippen LogP contribution in [0.3, 0.4) is 0 Å². The Morgan fingerprint density at radius 3 is 2.75 bits per heavy atom. The van der Waals surface area contributed by atoms with Gasteiger partial charge in [-0.15, -0.1) is 0 Å². The van der Waals surface area contributed by atoms with E-state index in [2.05, 4.69) is 86.6 Å². The van der Waals surface area contributed by atoms with E-state index in [1.165, 1.54) is 29.5 Å². The van der Waals surface area contributed by atoms with Gasteiger partial charge >= 0.3 is 0 Å². The number of halogens is 2. The Balaban J connectivity index is 1.79. The second-order valence-corrected chi connectivity index (χ2v) is 7.11. The first-order valence-electron chi connectivity index (χ1n) is 6.94. The Labute approximate surface area is 137 Å². The molecule has 2 unspecified atom stereocenters. The minimum absolute atomic E-state index is 0.327. The lowest BCUT2D eigenvalue weighted by atomic mass is 10.0. The van der Waals surface area contributed by atoms with Crippen LogP contribution < -0.4 is 5.32 Å². The van der Waals surface area contributed by atoms with Gasteiger partial charge in [0, 0.05) is 21.0 Å². The van der Waals surface area contributed by atoms with Gasteiger partial charge in [-0.25, -0.2) is 0 Å². The highest BCUT2D eigenvalue weighted by Crippen LogP contribution is 2.34. The molecule has 0 aliphatic heterocycles.